The minimum atomic E-state index is -0.300. The van der Waals surface area contributed by atoms with Crippen LogP contribution in [-0.2, 0) is 13.6 Å². The third-order valence-corrected chi connectivity index (χ3v) is 3.89. The highest BCUT2D eigenvalue weighted by atomic mass is 16.5. The molecule has 3 N–H and O–H groups in total. The molecule has 2 heterocycles. The van der Waals surface area contributed by atoms with E-state index in [1.54, 1.807) is 20.2 Å². The quantitative estimate of drug-likeness (QED) is 0.748. The maximum Gasteiger partial charge on any atom is 0.270 e. The van der Waals surface area contributed by atoms with Gasteiger partial charge in [-0.05, 0) is 25.1 Å². The second kappa shape index (κ2) is 6.37. The summed E-state index contributed by atoms with van der Waals surface area (Å²) in [6.45, 7) is 2.16. The summed E-state index contributed by atoms with van der Waals surface area (Å²) in [5.41, 5.74) is 7.35. The SMILES string of the molecule is COc1cccc2cc(C(C)NC(=O)c3cc(CN)nn3C)oc12. The van der Waals surface area contributed by atoms with E-state index in [1.165, 1.54) is 4.68 Å². The molecule has 2 aromatic heterocycles. The van der Waals surface area contributed by atoms with E-state index >= 15 is 0 Å². The van der Waals surface area contributed by atoms with Crippen LogP contribution in [0.15, 0.2) is 34.7 Å². The van der Waals surface area contributed by atoms with E-state index < -0.39 is 0 Å². The first-order chi connectivity index (χ1) is 11.5. The van der Waals surface area contributed by atoms with Crippen LogP contribution in [0.1, 0.15) is 34.9 Å². The average Bonchev–Trinajstić information content (AvgIpc) is 3.17. The Bertz CT molecular complexity index is 881. The molecule has 0 fully saturated rings. The van der Waals surface area contributed by atoms with Crippen LogP contribution in [0.3, 0.4) is 0 Å². The van der Waals surface area contributed by atoms with Gasteiger partial charge in [0.05, 0.1) is 18.8 Å². The monoisotopic (exact) mass is 328 g/mol. The normalized spacial score (nSPS) is 12.3. The second-order valence-electron chi connectivity index (χ2n) is 5.57. The summed E-state index contributed by atoms with van der Waals surface area (Å²) in [7, 11) is 3.31. The maximum atomic E-state index is 12.4. The molecule has 126 valence electrons. The number of aromatic nitrogens is 2. The van der Waals surface area contributed by atoms with Crippen molar-refractivity contribution >= 4 is 16.9 Å². The minimum Gasteiger partial charge on any atom is -0.493 e. The van der Waals surface area contributed by atoms with Crippen molar-refractivity contribution in [1.29, 1.82) is 0 Å². The van der Waals surface area contributed by atoms with Crippen molar-refractivity contribution in [3.8, 4) is 5.75 Å². The van der Waals surface area contributed by atoms with Gasteiger partial charge in [-0.3, -0.25) is 9.48 Å². The van der Waals surface area contributed by atoms with Gasteiger partial charge < -0.3 is 20.2 Å². The van der Waals surface area contributed by atoms with Crippen LogP contribution >= 0.6 is 0 Å². The third-order valence-electron chi connectivity index (χ3n) is 3.89. The van der Waals surface area contributed by atoms with Crippen molar-refractivity contribution in [1.82, 2.24) is 15.1 Å². The number of nitrogens with two attached hydrogens (primary N) is 1. The summed E-state index contributed by atoms with van der Waals surface area (Å²) in [5, 5.41) is 8.02. The Morgan fingerprint density at radius 2 is 2.25 bits per heavy atom. The zero-order chi connectivity index (χ0) is 17.3. The zero-order valence-corrected chi connectivity index (χ0v) is 13.9. The van der Waals surface area contributed by atoms with E-state index in [0.29, 0.717) is 35.0 Å². The predicted octanol–water partition coefficient (Wildman–Crippen LogP) is 2.12. The second-order valence-corrected chi connectivity index (χ2v) is 5.57. The fourth-order valence-electron chi connectivity index (χ4n) is 2.61. The van der Waals surface area contributed by atoms with Gasteiger partial charge in [0.25, 0.3) is 5.91 Å². The Hall–Kier alpha value is -2.80. The molecule has 0 saturated carbocycles. The number of nitrogens with one attached hydrogen (secondary N) is 1. The highest BCUT2D eigenvalue weighted by Gasteiger charge is 2.19. The fraction of sp³-hybridized carbons (Fsp3) is 0.294. The lowest BCUT2D eigenvalue weighted by molar-refractivity contribution is 0.0926. The molecule has 3 rings (SSSR count). The van der Waals surface area contributed by atoms with E-state index in [4.69, 9.17) is 14.9 Å². The fourth-order valence-corrected chi connectivity index (χ4v) is 2.61. The first-order valence-electron chi connectivity index (χ1n) is 7.63. The van der Waals surface area contributed by atoms with Crippen LogP contribution in [0.2, 0.25) is 0 Å². The molecule has 0 radical (unpaired) electrons. The van der Waals surface area contributed by atoms with Crippen LogP contribution < -0.4 is 15.8 Å². The van der Waals surface area contributed by atoms with E-state index in [9.17, 15) is 4.79 Å². The lowest BCUT2D eigenvalue weighted by Gasteiger charge is -2.11. The maximum absolute atomic E-state index is 12.4. The molecule has 1 atom stereocenters. The topological polar surface area (TPSA) is 95.3 Å². The number of ether oxygens (including phenoxy) is 1. The molecule has 0 spiro atoms. The molecule has 0 aliphatic carbocycles. The number of benzene rings is 1. The van der Waals surface area contributed by atoms with Gasteiger partial charge in [0, 0.05) is 19.0 Å². The number of aryl methyl sites for hydroxylation is 1. The zero-order valence-electron chi connectivity index (χ0n) is 13.9. The van der Waals surface area contributed by atoms with Gasteiger partial charge in [-0.15, -0.1) is 0 Å². The molecule has 1 unspecified atom stereocenters. The Balaban J connectivity index is 1.82. The number of para-hydroxylation sites is 1. The van der Waals surface area contributed by atoms with Gasteiger partial charge in [-0.1, -0.05) is 12.1 Å². The first kappa shape index (κ1) is 16.1. The molecule has 0 aliphatic heterocycles. The third kappa shape index (κ3) is 2.85. The highest BCUT2D eigenvalue weighted by molar-refractivity contribution is 5.93. The van der Waals surface area contributed by atoms with E-state index in [2.05, 4.69) is 10.4 Å². The lowest BCUT2D eigenvalue weighted by Crippen LogP contribution is -2.28. The molecule has 7 heteroatoms. The van der Waals surface area contributed by atoms with Crippen molar-refractivity contribution < 1.29 is 13.9 Å². The summed E-state index contributed by atoms with van der Waals surface area (Å²) in [5.74, 6) is 1.09. The standard InChI is InChI=1S/C17H20N4O3/c1-10(19-17(22)13-8-12(9-18)20-21(13)2)15-7-11-5-4-6-14(23-3)16(11)24-15/h4-8,10H,9,18H2,1-3H3,(H,19,22). The highest BCUT2D eigenvalue weighted by Crippen LogP contribution is 2.30. The number of hydrogen-bond acceptors (Lipinski definition) is 5. The summed E-state index contributed by atoms with van der Waals surface area (Å²) in [4.78, 5) is 12.4. The van der Waals surface area contributed by atoms with Crippen LogP contribution in [0.4, 0.5) is 0 Å². The van der Waals surface area contributed by atoms with Gasteiger partial charge in [-0.2, -0.15) is 5.10 Å². The molecule has 24 heavy (non-hydrogen) atoms. The number of carbonyl (C=O) groups excluding carboxylic acids is 1. The minimum absolute atomic E-state index is 0.232. The van der Waals surface area contributed by atoms with Crippen LogP contribution in [0.5, 0.6) is 5.75 Å². The molecule has 7 nitrogen and oxygen atoms in total. The van der Waals surface area contributed by atoms with Crippen LogP contribution in [-0.4, -0.2) is 22.8 Å². The van der Waals surface area contributed by atoms with Crippen molar-refractivity contribution in [3.05, 3.63) is 47.5 Å². The van der Waals surface area contributed by atoms with Crippen molar-refractivity contribution in [2.45, 2.75) is 19.5 Å². The first-order valence-corrected chi connectivity index (χ1v) is 7.63. The molecule has 1 aromatic carbocycles. The number of hydrogen-bond donors (Lipinski definition) is 2. The molecule has 0 bridgehead atoms. The Kier molecular flexibility index (Phi) is 4.26. The number of nitrogens with zero attached hydrogens (tertiary/aromatic N) is 2. The molecule has 1 amide bonds. The Labute approximate surface area is 139 Å². The van der Waals surface area contributed by atoms with Crippen molar-refractivity contribution in [3.63, 3.8) is 0 Å². The number of methoxy groups -OCH3 is 1. The average molecular weight is 328 g/mol. The van der Waals surface area contributed by atoms with Crippen LogP contribution in [0.25, 0.3) is 11.0 Å². The summed E-state index contributed by atoms with van der Waals surface area (Å²) < 4.78 is 12.7. The van der Waals surface area contributed by atoms with Gasteiger partial charge in [0.15, 0.2) is 11.3 Å². The van der Waals surface area contributed by atoms with E-state index in [0.717, 1.165) is 5.39 Å². The van der Waals surface area contributed by atoms with Crippen molar-refractivity contribution in [2.75, 3.05) is 7.11 Å². The summed E-state index contributed by atoms with van der Waals surface area (Å²) in [6, 6.07) is 8.96. The number of fused-ring (bicyclic) bond motifs is 1. The van der Waals surface area contributed by atoms with E-state index in [-0.39, 0.29) is 11.9 Å². The summed E-state index contributed by atoms with van der Waals surface area (Å²) >= 11 is 0. The number of carbonyl (C=O) groups is 1. The molecular weight excluding hydrogens is 308 g/mol. The molecule has 0 aliphatic rings. The van der Waals surface area contributed by atoms with Gasteiger partial charge >= 0.3 is 0 Å². The summed E-state index contributed by atoms with van der Waals surface area (Å²) in [6.07, 6.45) is 0. The van der Waals surface area contributed by atoms with Gasteiger partial charge in [0.2, 0.25) is 0 Å². The number of rotatable bonds is 5. The van der Waals surface area contributed by atoms with Gasteiger partial charge in [-0.25, -0.2) is 0 Å². The predicted molar refractivity (Wildman–Crippen MR) is 89.7 cm³/mol. The molecular formula is C17H20N4O3. The van der Waals surface area contributed by atoms with E-state index in [1.807, 2.05) is 31.2 Å². The lowest BCUT2D eigenvalue weighted by atomic mass is 10.2. The van der Waals surface area contributed by atoms with Crippen LogP contribution in [0, 0.1) is 0 Å². The Morgan fingerprint density at radius 1 is 1.46 bits per heavy atom. The van der Waals surface area contributed by atoms with Crippen molar-refractivity contribution in [2.24, 2.45) is 12.8 Å². The smallest absolute Gasteiger partial charge is 0.270 e. The number of furan rings is 1. The number of amides is 1. The largest absolute Gasteiger partial charge is 0.493 e. The van der Waals surface area contributed by atoms with Gasteiger partial charge in [0.1, 0.15) is 11.5 Å². The molecule has 3 aromatic rings. The molecule has 0 saturated heterocycles. The Morgan fingerprint density at radius 3 is 2.92 bits per heavy atom.